The number of rotatable bonds is 7. The fraction of sp³-hybridized carbons (Fsp3) is 0.929. The smallest absolute Gasteiger partial charge is 0.407 e. The number of carbonyl (C=O) groups excluding carboxylic acids is 1. The van der Waals surface area contributed by atoms with Crippen LogP contribution in [0.15, 0.2) is 0 Å². The quantitative estimate of drug-likeness (QED) is 0.713. The number of carbonyl (C=O) groups is 1. The molecule has 1 amide bonds. The Morgan fingerprint density at radius 2 is 1.89 bits per heavy atom. The first-order chi connectivity index (χ1) is 8.24. The Labute approximate surface area is 111 Å². The second kappa shape index (κ2) is 8.35. The van der Waals surface area contributed by atoms with Gasteiger partial charge in [-0.15, -0.1) is 0 Å². The van der Waals surface area contributed by atoms with Gasteiger partial charge in [-0.1, -0.05) is 13.8 Å². The van der Waals surface area contributed by atoms with Crippen molar-refractivity contribution < 1.29 is 14.3 Å². The van der Waals surface area contributed by atoms with Gasteiger partial charge in [0.1, 0.15) is 5.60 Å². The summed E-state index contributed by atoms with van der Waals surface area (Å²) >= 11 is 0. The van der Waals surface area contributed by atoms with E-state index in [0.717, 1.165) is 12.8 Å². The Hall–Kier alpha value is -0.770. The topological polar surface area (TPSA) is 47.6 Å². The molecule has 108 valence electrons. The van der Waals surface area contributed by atoms with Gasteiger partial charge in [0, 0.05) is 19.3 Å². The van der Waals surface area contributed by atoms with Crippen LogP contribution in [0.4, 0.5) is 4.79 Å². The van der Waals surface area contributed by atoms with Crippen molar-refractivity contribution in [2.45, 2.75) is 66.0 Å². The van der Waals surface area contributed by atoms with E-state index in [1.54, 1.807) is 0 Å². The predicted molar refractivity (Wildman–Crippen MR) is 73.7 cm³/mol. The molecule has 0 bridgehead atoms. The normalized spacial score (nSPS) is 13.5. The Morgan fingerprint density at radius 1 is 1.28 bits per heavy atom. The summed E-state index contributed by atoms with van der Waals surface area (Å²) in [6.45, 7) is 13.2. The van der Waals surface area contributed by atoms with E-state index in [-0.39, 0.29) is 12.1 Å². The fourth-order valence-electron chi connectivity index (χ4n) is 1.66. The van der Waals surface area contributed by atoms with Crippen LogP contribution in [-0.4, -0.2) is 30.9 Å². The molecule has 0 unspecified atom stereocenters. The first-order valence-corrected chi connectivity index (χ1v) is 6.81. The summed E-state index contributed by atoms with van der Waals surface area (Å²) in [5.41, 5.74) is -0.452. The van der Waals surface area contributed by atoms with Crippen molar-refractivity contribution in [3.63, 3.8) is 0 Å². The number of hydrogen-bond donors (Lipinski definition) is 1. The van der Waals surface area contributed by atoms with Crippen LogP contribution in [0.25, 0.3) is 0 Å². The zero-order chi connectivity index (χ0) is 14.2. The summed E-state index contributed by atoms with van der Waals surface area (Å²) in [6, 6.07) is 0.117. The lowest BCUT2D eigenvalue weighted by Crippen LogP contribution is -2.40. The highest BCUT2D eigenvalue weighted by atomic mass is 16.6. The van der Waals surface area contributed by atoms with Crippen molar-refractivity contribution in [2.24, 2.45) is 5.92 Å². The molecule has 4 heteroatoms. The second-order valence-electron chi connectivity index (χ2n) is 5.96. The number of amides is 1. The lowest BCUT2D eigenvalue weighted by molar-refractivity contribution is 0.0481. The molecule has 1 atom stereocenters. The predicted octanol–water partition coefficient (Wildman–Crippen LogP) is 3.35. The van der Waals surface area contributed by atoms with Gasteiger partial charge in [0.05, 0.1) is 0 Å². The molecule has 0 fully saturated rings. The minimum Gasteiger partial charge on any atom is -0.444 e. The molecule has 18 heavy (non-hydrogen) atoms. The largest absolute Gasteiger partial charge is 0.444 e. The minimum absolute atomic E-state index is 0.117. The zero-order valence-electron chi connectivity index (χ0n) is 12.7. The van der Waals surface area contributed by atoms with Gasteiger partial charge in [0.15, 0.2) is 0 Å². The molecule has 0 heterocycles. The van der Waals surface area contributed by atoms with Gasteiger partial charge in [-0.3, -0.25) is 0 Å². The molecule has 0 aromatic heterocycles. The molecule has 0 spiro atoms. The zero-order valence-corrected chi connectivity index (χ0v) is 12.7. The third-order valence-corrected chi connectivity index (χ3v) is 2.29. The average molecular weight is 259 g/mol. The first-order valence-electron chi connectivity index (χ1n) is 6.81. The highest BCUT2D eigenvalue weighted by Crippen LogP contribution is 2.11. The van der Waals surface area contributed by atoms with Gasteiger partial charge >= 0.3 is 6.09 Å². The van der Waals surface area contributed by atoms with Crippen molar-refractivity contribution >= 4 is 6.09 Å². The van der Waals surface area contributed by atoms with Crippen LogP contribution < -0.4 is 5.32 Å². The molecule has 0 aliphatic rings. The molecule has 0 saturated heterocycles. The molecular weight excluding hydrogens is 230 g/mol. The van der Waals surface area contributed by atoms with Gasteiger partial charge < -0.3 is 14.8 Å². The maximum atomic E-state index is 11.7. The van der Waals surface area contributed by atoms with Crippen LogP contribution in [0, 0.1) is 5.92 Å². The third-order valence-electron chi connectivity index (χ3n) is 2.29. The molecule has 0 aromatic carbocycles. The molecule has 0 aliphatic heterocycles. The average Bonchev–Trinajstić information content (AvgIpc) is 2.13. The molecule has 4 nitrogen and oxygen atoms in total. The minimum atomic E-state index is -0.452. The Bertz CT molecular complexity index is 234. The van der Waals surface area contributed by atoms with Crippen molar-refractivity contribution in [1.82, 2.24) is 5.32 Å². The van der Waals surface area contributed by atoms with Crippen LogP contribution in [-0.2, 0) is 9.47 Å². The van der Waals surface area contributed by atoms with E-state index in [2.05, 4.69) is 19.2 Å². The molecule has 0 rings (SSSR count). The number of alkyl carbamates (subject to hydrolysis) is 1. The summed E-state index contributed by atoms with van der Waals surface area (Å²) in [4.78, 5) is 11.7. The summed E-state index contributed by atoms with van der Waals surface area (Å²) in [7, 11) is 0. The summed E-state index contributed by atoms with van der Waals surface area (Å²) < 4.78 is 10.6. The monoisotopic (exact) mass is 259 g/mol. The van der Waals surface area contributed by atoms with Crippen molar-refractivity contribution in [1.29, 1.82) is 0 Å². The van der Waals surface area contributed by atoms with Crippen LogP contribution in [0.1, 0.15) is 54.4 Å². The van der Waals surface area contributed by atoms with Gasteiger partial charge in [0.2, 0.25) is 0 Å². The highest BCUT2D eigenvalue weighted by Gasteiger charge is 2.19. The lowest BCUT2D eigenvalue weighted by Gasteiger charge is -2.24. The third kappa shape index (κ3) is 10.4. The van der Waals surface area contributed by atoms with E-state index < -0.39 is 5.60 Å². The Morgan fingerprint density at radius 3 is 2.33 bits per heavy atom. The summed E-state index contributed by atoms with van der Waals surface area (Å²) in [5.74, 6) is 0.534. The van der Waals surface area contributed by atoms with E-state index in [1.807, 2.05) is 27.7 Å². The van der Waals surface area contributed by atoms with E-state index in [1.165, 1.54) is 0 Å². The standard InChI is InChI=1S/C14H29NO3/c1-7-17-9-8-12(10-11(2)3)15-13(16)18-14(4,5)6/h11-12H,7-10H2,1-6H3,(H,15,16)/t12-/m0/s1. The fourth-order valence-corrected chi connectivity index (χ4v) is 1.66. The molecule has 0 aliphatic carbocycles. The highest BCUT2D eigenvalue weighted by molar-refractivity contribution is 5.68. The number of hydrogen-bond acceptors (Lipinski definition) is 3. The molecule has 0 saturated carbocycles. The second-order valence-corrected chi connectivity index (χ2v) is 5.96. The van der Waals surface area contributed by atoms with E-state index in [0.29, 0.717) is 19.1 Å². The maximum Gasteiger partial charge on any atom is 0.407 e. The molecule has 1 N–H and O–H groups in total. The van der Waals surface area contributed by atoms with E-state index in [4.69, 9.17) is 9.47 Å². The SMILES string of the molecule is CCOCC[C@@H](CC(C)C)NC(=O)OC(C)(C)C. The Kier molecular flexibility index (Phi) is 8.00. The van der Waals surface area contributed by atoms with Crippen LogP contribution in [0.3, 0.4) is 0 Å². The number of nitrogens with one attached hydrogen (secondary N) is 1. The van der Waals surface area contributed by atoms with Crippen LogP contribution in [0.5, 0.6) is 0 Å². The van der Waals surface area contributed by atoms with Gasteiger partial charge in [-0.25, -0.2) is 4.79 Å². The molecule has 0 radical (unpaired) electrons. The summed E-state index contributed by atoms with van der Waals surface area (Å²) in [5, 5.41) is 2.92. The van der Waals surface area contributed by atoms with Crippen LogP contribution >= 0.6 is 0 Å². The van der Waals surface area contributed by atoms with Crippen molar-refractivity contribution in [2.75, 3.05) is 13.2 Å². The molecular formula is C14H29NO3. The van der Waals surface area contributed by atoms with E-state index in [9.17, 15) is 4.79 Å². The van der Waals surface area contributed by atoms with Gasteiger partial charge in [-0.05, 0) is 46.5 Å². The van der Waals surface area contributed by atoms with E-state index >= 15 is 0 Å². The first kappa shape index (κ1) is 17.2. The number of ether oxygens (including phenoxy) is 2. The van der Waals surface area contributed by atoms with Crippen molar-refractivity contribution in [3.05, 3.63) is 0 Å². The molecule has 0 aromatic rings. The Balaban J connectivity index is 4.17. The van der Waals surface area contributed by atoms with Crippen molar-refractivity contribution in [3.8, 4) is 0 Å². The van der Waals surface area contributed by atoms with Gasteiger partial charge in [0.25, 0.3) is 0 Å². The summed E-state index contributed by atoms with van der Waals surface area (Å²) in [6.07, 6.45) is 1.42. The van der Waals surface area contributed by atoms with Gasteiger partial charge in [-0.2, -0.15) is 0 Å². The van der Waals surface area contributed by atoms with Crippen LogP contribution in [0.2, 0.25) is 0 Å². The lowest BCUT2D eigenvalue weighted by atomic mass is 10.0. The maximum absolute atomic E-state index is 11.7.